The highest BCUT2D eigenvalue weighted by molar-refractivity contribution is 7.22. The zero-order valence-corrected chi connectivity index (χ0v) is 17.6. The quantitative estimate of drug-likeness (QED) is 0.709. The van der Waals surface area contributed by atoms with Crippen LogP contribution in [0.4, 0.5) is 5.13 Å². The van der Waals surface area contributed by atoms with Crippen molar-refractivity contribution in [2.75, 3.05) is 32.1 Å². The van der Waals surface area contributed by atoms with E-state index in [0.717, 1.165) is 45.0 Å². The Hall–Kier alpha value is -2.24. The summed E-state index contributed by atoms with van der Waals surface area (Å²) in [6, 6.07) is 12.2. The molecule has 1 amide bonds. The maximum absolute atomic E-state index is 13.4. The van der Waals surface area contributed by atoms with E-state index < -0.39 is 0 Å². The second-order valence-corrected chi connectivity index (χ2v) is 8.51. The number of thiazole rings is 1. The van der Waals surface area contributed by atoms with Gasteiger partial charge in [-0.25, -0.2) is 4.98 Å². The Labute approximate surface area is 165 Å². The van der Waals surface area contributed by atoms with Crippen LogP contribution in [0.3, 0.4) is 0 Å². The van der Waals surface area contributed by atoms with Gasteiger partial charge in [-0.1, -0.05) is 41.2 Å². The molecule has 0 aliphatic rings. The number of aryl methyl sites for hydroxylation is 3. The Morgan fingerprint density at radius 1 is 1.11 bits per heavy atom. The summed E-state index contributed by atoms with van der Waals surface area (Å²) in [4.78, 5) is 21.5. The first-order valence-electron chi connectivity index (χ1n) is 9.41. The summed E-state index contributed by atoms with van der Waals surface area (Å²) in [5.41, 5.74) is 5.08. The molecule has 4 nitrogen and oxygen atoms in total. The van der Waals surface area contributed by atoms with E-state index in [1.807, 2.05) is 30.0 Å². The number of fused-ring (bicyclic) bond motifs is 1. The number of quaternary nitrogens is 1. The van der Waals surface area contributed by atoms with E-state index >= 15 is 0 Å². The molecule has 0 aliphatic carbocycles. The van der Waals surface area contributed by atoms with Crippen LogP contribution < -0.4 is 9.80 Å². The topological polar surface area (TPSA) is 37.6 Å². The van der Waals surface area contributed by atoms with Crippen molar-refractivity contribution in [3.8, 4) is 0 Å². The lowest BCUT2D eigenvalue weighted by Gasteiger charge is -2.21. The fourth-order valence-electron chi connectivity index (χ4n) is 3.26. The van der Waals surface area contributed by atoms with Gasteiger partial charge in [-0.05, 0) is 44.0 Å². The Balaban J connectivity index is 1.98. The number of hydrogen-bond donors (Lipinski definition) is 1. The molecule has 0 saturated carbocycles. The van der Waals surface area contributed by atoms with Crippen LogP contribution in [0, 0.1) is 20.8 Å². The third kappa shape index (κ3) is 4.37. The molecule has 0 bridgehead atoms. The zero-order chi connectivity index (χ0) is 19.6. The Bertz CT molecular complexity index is 961. The lowest BCUT2D eigenvalue weighted by atomic mass is 10.0. The molecular weight excluding hydrogens is 354 g/mol. The van der Waals surface area contributed by atoms with Gasteiger partial charge in [0.05, 0.1) is 30.9 Å². The number of nitrogens with one attached hydrogen (secondary N) is 1. The van der Waals surface area contributed by atoms with Gasteiger partial charge in [0.2, 0.25) is 0 Å². The van der Waals surface area contributed by atoms with E-state index in [2.05, 4.69) is 46.1 Å². The second-order valence-electron chi connectivity index (χ2n) is 7.50. The van der Waals surface area contributed by atoms with Crippen LogP contribution >= 0.6 is 11.3 Å². The number of anilines is 1. The molecule has 1 N–H and O–H groups in total. The van der Waals surface area contributed by atoms with Crippen LogP contribution in [0.25, 0.3) is 10.2 Å². The summed E-state index contributed by atoms with van der Waals surface area (Å²) in [6.45, 7) is 7.81. The number of para-hydroxylation sites is 1. The Morgan fingerprint density at radius 3 is 2.56 bits per heavy atom. The van der Waals surface area contributed by atoms with Crippen LogP contribution in [-0.4, -0.2) is 38.1 Å². The molecule has 27 heavy (non-hydrogen) atoms. The molecule has 0 unspecified atom stereocenters. The molecular formula is C22H28N3OS+. The number of rotatable bonds is 6. The molecule has 1 aromatic heterocycles. The summed E-state index contributed by atoms with van der Waals surface area (Å²) in [5.74, 6) is 0.0398. The van der Waals surface area contributed by atoms with E-state index in [1.165, 1.54) is 10.5 Å². The maximum atomic E-state index is 13.4. The first-order valence-corrected chi connectivity index (χ1v) is 10.2. The third-order valence-corrected chi connectivity index (χ3v) is 5.80. The third-order valence-electron chi connectivity index (χ3n) is 4.76. The van der Waals surface area contributed by atoms with E-state index in [-0.39, 0.29) is 5.91 Å². The van der Waals surface area contributed by atoms with Crippen molar-refractivity contribution in [2.45, 2.75) is 27.2 Å². The minimum absolute atomic E-state index is 0.0398. The molecule has 3 aromatic rings. The maximum Gasteiger partial charge on any atom is 0.260 e. The van der Waals surface area contributed by atoms with Crippen LogP contribution in [0.1, 0.15) is 33.5 Å². The Morgan fingerprint density at radius 2 is 1.89 bits per heavy atom. The lowest BCUT2D eigenvalue weighted by Crippen LogP contribution is -3.05. The average molecular weight is 383 g/mol. The van der Waals surface area contributed by atoms with E-state index in [9.17, 15) is 4.79 Å². The summed E-state index contributed by atoms with van der Waals surface area (Å²) in [6.07, 6.45) is 0.938. The fourth-order valence-corrected chi connectivity index (χ4v) is 4.33. The molecule has 0 aliphatic heterocycles. The lowest BCUT2D eigenvalue weighted by molar-refractivity contribution is -0.858. The van der Waals surface area contributed by atoms with E-state index in [1.54, 1.807) is 11.3 Å². The molecule has 0 radical (unpaired) electrons. The highest BCUT2D eigenvalue weighted by Gasteiger charge is 2.23. The van der Waals surface area contributed by atoms with Gasteiger partial charge in [0.25, 0.3) is 5.91 Å². The van der Waals surface area contributed by atoms with Crippen molar-refractivity contribution in [2.24, 2.45) is 0 Å². The van der Waals surface area contributed by atoms with Crippen LogP contribution in [0.5, 0.6) is 0 Å². The minimum Gasteiger partial charge on any atom is -0.340 e. The van der Waals surface area contributed by atoms with Crippen LogP contribution in [0.2, 0.25) is 0 Å². The van der Waals surface area contributed by atoms with Gasteiger partial charge >= 0.3 is 0 Å². The van der Waals surface area contributed by atoms with Crippen molar-refractivity contribution in [3.63, 3.8) is 0 Å². The first-order chi connectivity index (χ1) is 12.9. The largest absolute Gasteiger partial charge is 0.340 e. The highest BCUT2D eigenvalue weighted by atomic mass is 32.1. The van der Waals surface area contributed by atoms with Crippen molar-refractivity contribution in [3.05, 3.63) is 58.7 Å². The fraction of sp³-hybridized carbons (Fsp3) is 0.364. The van der Waals surface area contributed by atoms with Gasteiger partial charge in [0, 0.05) is 18.5 Å². The van der Waals surface area contributed by atoms with E-state index in [0.29, 0.717) is 6.54 Å². The predicted molar refractivity (Wildman–Crippen MR) is 114 cm³/mol. The molecule has 0 spiro atoms. The summed E-state index contributed by atoms with van der Waals surface area (Å²) >= 11 is 1.60. The normalized spacial score (nSPS) is 11.3. The number of carbonyl (C=O) groups is 1. The monoisotopic (exact) mass is 382 g/mol. The highest BCUT2D eigenvalue weighted by Crippen LogP contribution is 2.31. The number of hydrogen-bond acceptors (Lipinski definition) is 3. The number of benzene rings is 2. The summed E-state index contributed by atoms with van der Waals surface area (Å²) in [5, 5.41) is 0.790. The molecule has 3 rings (SSSR count). The van der Waals surface area contributed by atoms with Crippen molar-refractivity contribution >= 4 is 32.6 Å². The smallest absolute Gasteiger partial charge is 0.260 e. The number of nitrogens with zero attached hydrogens (tertiary/aromatic N) is 2. The van der Waals surface area contributed by atoms with Crippen LogP contribution in [0.15, 0.2) is 36.4 Å². The number of amides is 1. The van der Waals surface area contributed by atoms with Crippen molar-refractivity contribution in [1.82, 2.24) is 4.98 Å². The molecule has 0 saturated heterocycles. The SMILES string of the molecule is Cc1ccc(C(=O)N(CCC[NH+](C)C)c2nc3c(C)cccc3s2)c(C)c1. The van der Waals surface area contributed by atoms with Gasteiger partial charge in [0.15, 0.2) is 5.13 Å². The minimum atomic E-state index is 0.0398. The molecule has 1 heterocycles. The predicted octanol–water partition coefficient (Wildman–Crippen LogP) is 3.40. The van der Waals surface area contributed by atoms with Gasteiger partial charge in [-0.15, -0.1) is 0 Å². The molecule has 0 atom stereocenters. The molecule has 142 valence electrons. The number of aromatic nitrogens is 1. The summed E-state index contributed by atoms with van der Waals surface area (Å²) in [7, 11) is 4.27. The van der Waals surface area contributed by atoms with Crippen LogP contribution in [-0.2, 0) is 0 Å². The molecule has 2 aromatic carbocycles. The van der Waals surface area contributed by atoms with E-state index in [4.69, 9.17) is 4.98 Å². The Kier molecular flexibility index (Phi) is 5.92. The van der Waals surface area contributed by atoms with Gasteiger partial charge < -0.3 is 4.90 Å². The van der Waals surface area contributed by atoms with Gasteiger partial charge in [0.1, 0.15) is 0 Å². The van der Waals surface area contributed by atoms with Gasteiger partial charge in [-0.3, -0.25) is 9.69 Å². The first kappa shape index (κ1) is 19.5. The standard InChI is InChI=1S/C22H27N3OS/c1-15-10-11-18(17(3)14-15)21(26)25(13-7-12-24(4)5)22-23-20-16(2)8-6-9-19(20)27-22/h6,8-11,14H,7,12-13H2,1-5H3/p+1. The average Bonchev–Trinajstić information content (AvgIpc) is 3.03. The number of carbonyl (C=O) groups excluding carboxylic acids is 1. The molecule has 0 fully saturated rings. The summed E-state index contributed by atoms with van der Waals surface area (Å²) < 4.78 is 1.13. The van der Waals surface area contributed by atoms with Gasteiger partial charge in [-0.2, -0.15) is 0 Å². The van der Waals surface area contributed by atoms with Crippen molar-refractivity contribution < 1.29 is 9.69 Å². The van der Waals surface area contributed by atoms with Crippen molar-refractivity contribution in [1.29, 1.82) is 0 Å². The zero-order valence-electron chi connectivity index (χ0n) is 16.8. The second kappa shape index (κ2) is 8.19. The molecule has 5 heteroatoms.